The van der Waals surface area contributed by atoms with Crippen LogP contribution in [0.1, 0.15) is 11.3 Å². The summed E-state index contributed by atoms with van der Waals surface area (Å²) in [5.41, 5.74) is 9.04. The van der Waals surface area contributed by atoms with Crippen LogP contribution in [0.3, 0.4) is 0 Å². The monoisotopic (exact) mass is 238 g/mol. The van der Waals surface area contributed by atoms with E-state index in [0.29, 0.717) is 12.4 Å². The van der Waals surface area contributed by atoms with Crippen LogP contribution in [0.5, 0.6) is 0 Å². The Morgan fingerprint density at radius 1 is 1.22 bits per heavy atom. The molecule has 2 N–H and O–H groups in total. The lowest BCUT2D eigenvalue weighted by Gasteiger charge is -2.08. The molecule has 0 unspecified atom stereocenters. The van der Waals surface area contributed by atoms with E-state index in [4.69, 9.17) is 5.73 Å². The lowest BCUT2D eigenvalue weighted by molar-refractivity contribution is 0.665. The average molecular weight is 238 g/mol. The van der Waals surface area contributed by atoms with Crippen molar-refractivity contribution in [2.75, 3.05) is 5.73 Å². The molecule has 0 saturated carbocycles. The Kier molecular flexibility index (Phi) is 2.48. The highest BCUT2D eigenvalue weighted by Gasteiger charge is 2.06. The molecular formula is C14H14N4. The molecule has 0 spiro atoms. The maximum Gasteiger partial charge on any atom is 0.129 e. The average Bonchev–Trinajstić information content (AvgIpc) is 2.76. The number of hydrogen-bond donors (Lipinski definition) is 1. The van der Waals surface area contributed by atoms with E-state index in [-0.39, 0.29) is 0 Å². The van der Waals surface area contributed by atoms with Crippen molar-refractivity contribution in [3.8, 4) is 0 Å². The van der Waals surface area contributed by atoms with E-state index in [1.54, 1.807) is 6.20 Å². The molecule has 2 aromatic heterocycles. The highest BCUT2D eigenvalue weighted by Crippen LogP contribution is 2.19. The SMILES string of the molecule is Cc1ccnn1Cc1cc2ccccc2nc1N. The third-order valence-electron chi connectivity index (χ3n) is 3.09. The highest BCUT2D eigenvalue weighted by molar-refractivity contribution is 5.81. The van der Waals surface area contributed by atoms with E-state index in [1.807, 2.05) is 41.9 Å². The summed E-state index contributed by atoms with van der Waals surface area (Å²) < 4.78 is 1.92. The topological polar surface area (TPSA) is 56.7 Å². The summed E-state index contributed by atoms with van der Waals surface area (Å²) in [6.45, 7) is 2.68. The first-order chi connectivity index (χ1) is 8.74. The third-order valence-corrected chi connectivity index (χ3v) is 3.09. The minimum Gasteiger partial charge on any atom is -0.383 e. The van der Waals surface area contributed by atoms with Gasteiger partial charge in [-0.15, -0.1) is 0 Å². The summed E-state index contributed by atoms with van der Waals surface area (Å²) in [6.07, 6.45) is 1.79. The van der Waals surface area contributed by atoms with Gasteiger partial charge in [0.15, 0.2) is 0 Å². The number of aryl methyl sites for hydroxylation is 1. The minimum atomic E-state index is 0.573. The second-order valence-electron chi connectivity index (χ2n) is 4.36. The first-order valence-corrected chi connectivity index (χ1v) is 5.86. The predicted octanol–water partition coefficient (Wildman–Crippen LogP) is 2.37. The van der Waals surface area contributed by atoms with Crippen LogP contribution >= 0.6 is 0 Å². The molecule has 1 aromatic carbocycles. The smallest absolute Gasteiger partial charge is 0.129 e. The zero-order valence-corrected chi connectivity index (χ0v) is 10.2. The van der Waals surface area contributed by atoms with Gasteiger partial charge in [-0.1, -0.05) is 18.2 Å². The standard InChI is InChI=1S/C14H14N4/c1-10-6-7-16-18(10)9-12-8-11-4-2-3-5-13(11)17-14(12)15/h2-8H,9H2,1H3,(H2,15,17). The third kappa shape index (κ3) is 1.82. The summed E-state index contributed by atoms with van der Waals surface area (Å²) in [7, 11) is 0. The van der Waals surface area contributed by atoms with Gasteiger partial charge >= 0.3 is 0 Å². The lowest BCUT2D eigenvalue weighted by atomic mass is 10.1. The number of nitrogens with zero attached hydrogens (tertiary/aromatic N) is 3. The summed E-state index contributed by atoms with van der Waals surface area (Å²) in [5.74, 6) is 0.573. The Morgan fingerprint density at radius 2 is 2.06 bits per heavy atom. The van der Waals surface area contributed by atoms with Gasteiger partial charge < -0.3 is 5.73 Å². The van der Waals surface area contributed by atoms with E-state index >= 15 is 0 Å². The van der Waals surface area contributed by atoms with Gasteiger partial charge in [0.1, 0.15) is 5.82 Å². The molecule has 0 radical (unpaired) electrons. The highest BCUT2D eigenvalue weighted by atomic mass is 15.3. The van der Waals surface area contributed by atoms with Crippen molar-refractivity contribution in [3.63, 3.8) is 0 Å². The number of nitrogens with two attached hydrogens (primary N) is 1. The molecule has 90 valence electrons. The maximum atomic E-state index is 6.00. The van der Waals surface area contributed by atoms with Gasteiger partial charge in [0.25, 0.3) is 0 Å². The summed E-state index contributed by atoms with van der Waals surface area (Å²) in [4.78, 5) is 4.42. The Morgan fingerprint density at radius 3 is 2.83 bits per heavy atom. The van der Waals surface area contributed by atoms with Crippen LogP contribution in [-0.2, 0) is 6.54 Å². The molecule has 2 heterocycles. The van der Waals surface area contributed by atoms with Crippen LogP contribution in [0.4, 0.5) is 5.82 Å². The number of hydrogen-bond acceptors (Lipinski definition) is 3. The molecule has 0 bridgehead atoms. The van der Waals surface area contributed by atoms with Crippen molar-refractivity contribution < 1.29 is 0 Å². The van der Waals surface area contributed by atoms with E-state index in [9.17, 15) is 0 Å². The minimum absolute atomic E-state index is 0.573. The van der Waals surface area contributed by atoms with Crippen molar-refractivity contribution in [2.24, 2.45) is 0 Å². The second kappa shape index (κ2) is 4.14. The molecule has 0 aliphatic carbocycles. The van der Waals surface area contributed by atoms with E-state index in [2.05, 4.69) is 16.1 Å². The molecule has 0 aliphatic heterocycles. The number of pyridine rings is 1. The molecule has 0 amide bonds. The summed E-state index contributed by atoms with van der Waals surface area (Å²) >= 11 is 0. The predicted molar refractivity (Wildman–Crippen MR) is 72.2 cm³/mol. The number of para-hydroxylation sites is 1. The quantitative estimate of drug-likeness (QED) is 0.745. The van der Waals surface area contributed by atoms with Gasteiger partial charge in [-0.3, -0.25) is 4.68 Å². The number of rotatable bonds is 2. The lowest BCUT2D eigenvalue weighted by Crippen LogP contribution is -2.07. The largest absolute Gasteiger partial charge is 0.383 e. The van der Waals surface area contributed by atoms with Crippen LogP contribution in [0.2, 0.25) is 0 Å². The van der Waals surface area contributed by atoms with Crippen LogP contribution in [0.15, 0.2) is 42.6 Å². The summed E-state index contributed by atoms with van der Waals surface area (Å²) in [6, 6.07) is 12.0. The maximum absolute atomic E-state index is 6.00. The molecule has 0 saturated heterocycles. The van der Waals surface area contributed by atoms with Crippen molar-refractivity contribution in [3.05, 3.63) is 53.9 Å². The van der Waals surface area contributed by atoms with Crippen molar-refractivity contribution in [1.82, 2.24) is 14.8 Å². The molecule has 3 aromatic rings. The van der Waals surface area contributed by atoms with E-state index in [0.717, 1.165) is 22.2 Å². The van der Waals surface area contributed by atoms with Crippen LogP contribution in [0.25, 0.3) is 10.9 Å². The van der Waals surface area contributed by atoms with Crippen LogP contribution in [0, 0.1) is 6.92 Å². The second-order valence-corrected chi connectivity index (χ2v) is 4.36. The summed E-state index contributed by atoms with van der Waals surface area (Å²) in [5, 5.41) is 5.37. The Balaban J connectivity index is 2.06. The first-order valence-electron chi connectivity index (χ1n) is 5.86. The van der Waals surface area contributed by atoms with Crippen molar-refractivity contribution >= 4 is 16.7 Å². The Bertz CT molecular complexity index is 700. The Labute approximate surface area is 105 Å². The van der Waals surface area contributed by atoms with Crippen LogP contribution in [-0.4, -0.2) is 14.8 Å². The molecule has 0 fully saturated rings. The van der Waals surface area contributed by atoms with Crippen molar-refractivity contribution in [2.45, 2.75) is 13.5 Å². The van der Waals surface area contributed by atoms with Gasteiger partial charge in [0.2, 0.25) is 0 Å². The molecule has 0 atom stereocenters. The molecule has 4 nitrogen and oxygen atoms in total. The van der Waals surface area contributed by atoms with Gasteiger partial charge in [-0.05, 0) is 25.1 Å². The zero-order chi connectivity index (χ0) is 12.5. The number of benzene rings is 1. The van der Waals surface area contributed by atoms with Gasteiger partial charge in [0, 0.05) is 22.8 Å². The number of anilines is 1. The molecule has 4 heteroatoms. The molecule has 18 heavy (non-hydrogen) atoms. The zero-order valence-electron chi connectivity index (χ0n) is 10.2. The number of nitrogen functional groups attached to an aromatic ring is 1. The fourth-order valence-electron chi connectivity index (χ4n) is 2.03. The van der Waals surface area contributed by atoms with Crippen molar-refractivity contribution in [1.29, 1.82) is 0 Å². The van der Waals surface area contributed by atoms with Gasteiger partial charge in [-0.2, -0.15) is 5.10 Å². The fraction of sp³-hybridized carbons (Fsp3) is 0.143. The normalized spacial score (nSPS) is 10.9. The fourth-order valence-corrected chi connectivity index (χ4v) is 2.03. The van der Waals surface area contributed by atoms with Gasteiger partial charge in [-0.25, -0.2) is 4.98 Å². The Hall–Kier alpha value is -2.36. The van der Waals surface area contributed by atoms with E-state index in [1.165, 1.54) is 0 Å². The molecular weight excluding hydrogens is 224 g/mol. The van der Waals surface area contributed by atoms with E-state index < -0.39 is 0 Å². The molecule has 3 rings (SSSR count). The number of aromatic nitrogens is 3. The van der Waals surface area contributed by atoms with Gasteiger partial charge in [0.05, 0.1) is 12.1 Å². The van der Waals surface area contributed by atoms with Crippen LogP contribution < -0.4 is 5.73 Å². The number of fused-ring (bicyclic) bond motifs is 1. The first kappa shape index (κ1) is 10.8. The molecule has 0 aliphatic rings.